The molecule has 1 heterocycles. The third-order valence-corrected chi connectivity index (χ3v) is 3.53. The Hall–Kier alpha value is -1.95. The van der Waals surface area contributed by atoms with Gasteiger partial charge in [-0.1, -0.05) is 6.07 Å². The summed E-state index contributed by atoms with van der Waals surface area (Å²) in [5.41, 5.74) is 0.513. The maximum Gasteiger partial charge on any atom is 0.326 e. The fraction of sp³-hybridized carbons (Fsp3) is 0.385. The molecule has 0 radical (unpaired) electrons. The van der Waals surface area contributed by atoms with Gasteiger partial charge in [0.1, 0.15) is 6.04 Å². The predicted octanol–water partition coefficient (Wildman–Crippen LogP) is 0.933. The van der Waals surface area contributed by atoms with Crippen molar-refractivity contribution in [2.24, 2.45) is 0 Å². The number of halogens is 1. The van der Waals surface area contributed by atoms with Gasteiger partial charge >= 0.3 is 5.97 Å². The molecule has 0 aromatic heterocycles. The third-order valence-electron chi connectivity index (χ3n) is 3.24. The van der Waals surface area contributed by atoms with Crippen molar-refractivity contribution in [1.82, 2.24) is 4.90 Å². The van der Waals surface area contributed by atoms with Crippen molar-refractivity contribution in [3.8, 4) is 11.5 Å². The topological polar surface area (TPSA) is 98.1 Å². The van der Waals surface area contributed by atoms with Crippen molar-refractivity contribution in [2.75, 3.05) is 6.54 Å². The second-order valence-electron chi connectivity index (χ2n) is 4.73. The lowest BCUT2D eigenvalue weighted by Gasteiger charge is -2.24. The van der Waals surface area contributed by atoms with Gasteiger partial charge in [0.05, 0.1) is 5.38 Å². The molecular formula is C13H14ClNO5. The van der Waals surface area contributed by atoms with E-state index in [0.29, 0.717) is 5.56 Å². The van der Waals surface area contributed by atoms with Crippen LogP contribution in [0.3, 0.4) is 0 Å². The summed E-state index contributed by atoms with van der Waals surface area (Å²) in [6.07, 6.45) is 0.171. The molecule has 2 unspecified atom stereocenters. The first-order valence-electron chi connectivity index (χ1n) is 6.05. The molecule has 0 saturated carbocycles. The molecule has 1 aliphatic heterocycles. The summed E-state index contributed by atoms with van der Waals surface area (Å²) >= 11 is 5.87. The minimum Gasteiger partial charge on any atom is -0.504 e. The van der Waals surface area contributed by atoms with E-state index in [2.05, 4.69) is 0 Å². The zero-order valence-electron chi connectivity index (χ0n) is 10.5. The maximum atomic E-state index is 11.7. The Kier molecular flexibility index (Phi) is 4.04. The molecule has 108 valence electrons. The quantitative estimate of drug-likeness (QED) is 0.567. The van der Waals surface area contributed by atoms with Crippen molar-refractivity contribution in [2.45, 2.75) is 24.3 Å². The van der Waals surface area contributed by atoms with E-state index in [1.807, 2.05) is 0 Å². The van der Waals surface area contributed by atoms with Crippen LogP contribution in [0.2, 0.25) is 0 Å². The molecule has 3 N–H and O–H groups in total. The molecule has 20 heavy (non-hydrogen) atoms. The highest BCUT2D eigenvalue weighted by Gasteiger charge is 2.36. The number of amides is 1. The molecule has 1 fully saturated rings. The van der Waals surface area contributed by atoms with E-state index in [9.17, 15) is 24.9 Å². The summed E-state index contributed by atoms with van der Waals surface area (Å²) in [7, 11) is 0. The Balaban J connectivity index is 2.19. The number of aromatic hydroxyl groups is 2. The number of hydrogen-bond acceptors (Lipinski definition) is 4. The zero-order valence-corrected chi connectivity index (χ0v) is 11.2. The molecule has 0 aliphatic carbocycles. The highest BCUT2D eigenvalue weighted by atomic mass is 35.5. The van der Waals surface area contributed by atoms with Crippen LogP contribution in [0.15, 0.2) is 18.2 Å². The first-order valence-corrected chi connectivity index (χ1v) is 6.49. The number of carboxylic acid groups (broad SMARTS) is 1. The molecule has 1 aliphatic rings. The largest absolute Gasteiger partial charge is 0.504 e. The molecule has 0 bridgehead atoms. The van der Waals surface area contributed by atoms with Crippen LogP contribution in [0.4, 0.5) is 0 Å². The summed E-state index contributed by atoms with van der Waals surface area (Å²) in [4.78, 5) is 24.3. The number of carbonyl (C=O) groups is 2. The average Bonchev–Trinajstić information content (AvgIpc) is 2.69. The van der Waals surface area contributed by atoms with Gasteiger partial charge < -0.3 is 20.2 Å². The van der Waals surface area contributed by atoms with Crippen molar-refractivity contribution >= 4 is 23.5 Å². The number of benzene rings is 1. The second-order valence-corrected chi connectivity index (χ2v) is 5.35. The first kappa shape index (κ1) is 14.5. The van der Waals surface area contributed by atoms with Crippen LogP contribution >= 0.6 is 11.6 Å². The van der Waals surface area contributed by atoms with Gasteiger partial charge in [0.25, 0.3) is 0 Å². The number of hydrogen-bond donors (Lipinski definition) is 3. The van der Waals surface area contributed by atoms with Crippen LogP contribution in [0.25, 0.3) is 0 Å². The summed E-state index contributed by atoms with van der Waals surface area (Å²) in [6, 6.07) is 3.03. The molecule has 2 atom stereocenters. The highest BCUT2D eigenvalue weighted by molar-refractivity contribution is 6.22. The van der Waals surface area contributed by atoms with E-state index in [1.54, 1.807) is 0 Å². The molecule has 1 saturated heterocycles. The van der Waals surface area contributed by atoms with Crippen LogP contribution in [0.1, 0.15) is 12.0 Å². The summed E-state index contributed by atoms with van der Waals surface area (Å²) < 4.78 is 0. The molecular weight excluding hydrogens is 286 g/mol. The van der Waals surface area contributed by atoms with Gasteiger partial charge in [-0.25, -0.2) is 4.79 Å². The summed E-state index contributed by atoms with van der Waals surface area (Å²) in [6.45, 7) is 0.196. The molecule has 0 spiro atoms. The van der Waals surface area contributed by atoms with Gasteiger partial charge in [-0.05, 0) is 17.7 Å². The van der Waals surface area contributed by atoms with Crippen molar-refractivity contribution in [3.05, 3.63) is 23.8 Å². The van der Waals surface area contributed by atoms with E-state index >= 15 is 0 Å². The highest BCUT2D eigenvalue weighted by Crippen LogP contribution is 2.27. The minimum atomic E-state index is -1.13. The Labute approximate surface area is 120 Å². The smallest absolute Gasteiger partial charge is 0.326 e. The molecule has 7 heteroatoms. The molecule has 2 rings (SSSR count). The van der Waals surface area contributed by atoms with E-state index in [1.165, 1.54) is 23.1 Å². The molecule has 1 aromatic carbocycles. The number of rotatable bonds is 4. The average molecular weight is 300 g/mol. The fourth-order valence-electron chi connectivity index (χ4n) is 2.24. The number of nitrogens with zero attached hydrogens (tertiary/aromatic N) is 1. The lowest BCUT2D eigenvalue weighted by Crippen LogP contribution is -2.43. The van der Waals surface area contributed by atoms with Crippen molar-refractivity contribution in [1.29, 1.82) is 0 Å². The van der Waals surface area contributed by atoms with Gasteiger partial charge in [-0.2, -0.15) is 0 Å². The van der Waals surface area contributed by atoms with Crippen LogP contribution in [0.5, 0.6) is 11.5 Å². The Morgan fingerprint density at radius 1 is 1.40 bits per heavy atom. The van der Waals surface area contributed by atoms with Gasteiger partial charge in [0, 0.05) is 19.4 Å². The van der Waals surface area contributed by atoms with Crippen molar-refractivity contribution in [3.63, 3.8) is 0 Å². The van der Waals surface area contributed by atoms with Crippen LogP contribution in [-0.4, -0.2) is 50.1 Å². The molecule has 6 nitrogen and oxygen atoms in total. The predicted molar refractivity (Wildman–Crippen MR) is 70.9 cm³/mol. The summed E-state index contributed by atoms with van der Waals surface area (Å²) in [5.74, 6) is -2.02. The number of carboxylic acids is 1. The number of likely N-dealkylation sites (tertiary alicyclic amines) is 1. The first-order chi connectivity index (χ1) is 9.38. The number of phenolic OH excluding ortho intramolecular Hbond substituents is 2. The third kappa shape index (κ3) is 2.96. The zero-order chi connectivity index (χ0) is 14.9. The van der Waals surface area contributed by atoms with Crippen LogP contribution in [-0.2, 0) is 16.0 Å². The standard InChI is InChI=1S/C13H14ClNO5/c14-8-5-12(18)15(6-8)9(13(19)20)3-7-1-2-10(16)11(17)4-7/h1-2,4,8-9,16-17H,3,5-6H2,(H,19,20). The SMILES string of the molecule is O=C(O)C(Cc1ccc(O)c(O)c1)N1CC(Cl)CC1=O. The van der Waals surface area contributed by atoms with Gasteiger partial charge in [-0.15, -0.1) is 11.6 Å². The van der Waals surface area contributed by atoms with E-state index in [0.717, 1.165) is 0 Å². The van der Waals surface area contributed by atoms with Crippen molar-refractivity contribution < 1.29 is 24.9 Å². The second kappa shape index (κ2) is 5.58. The number of carbonyl (C=O) groups excluding carboxylic acids is 1. The van der Waals surface area contributed by atoms with Gasteiger partial charge in [-0.3, -0.25) is 4.79 Å². The minimum absolute atomic E-state index is 0.0402. The van der Waals surface area contributed by atoms with Gasteiger partial charge in [0.15, 0.2) is 11.5 Å². The Bertz CT molecular complexity index is 548. The summed E-state index contributed by atoms with van der Waals surface area (Å²) in [5, 5.41) is 27.5. The fourth-order valence-corrected chi connectivity index (χ4v) is 2.52. The van der Waals surface area contributed by atoms with E-state index < -0.39 is 12.0 Å². The normalized spacial score (nSPS) is 20.1. The van der Waals surface area contributed by atoms with Gasteiger partial charge in [0.2, 0.25) is 5.91 Å². The molecule has 1 amide bonds. The lowest BCUT2D eigenvalue weighted by atomic mass is 10.0. The molecule has 1 aromatic rings. The Morgan fingerprint density at radius 3 is 2.60 bits per heavy atom. The number of aliphatic carboxylic acids is 1. The Morgan fingerprint density at radius 2 is 2.10 bits per heavy atom. The van der Waals surface area contributed by atoms with E-state index in [4.69, 9.17) is 11.6 Å². The lowest BCUT2D eigenvalue weighted by molar-refractivity contribution is -0.148. The number of phenols is 2. The van der Waals surface area contributed by atoms with Crippen LogP contribution < -0.4 is 0 Å². The monoisotopic (exact) mass is 299 g/mol. The van der Waals surface area contributed by atoms with E-state index in [-0.39, 0.29) is 42.2 Å². The number of alkyl halides is 1. The maximum absolute atomic E-state index is 11.7. The van der Waals surface area contributed by atoms with Crippen LogP contribution in [0, 0.1) is 0 Å².